The molecule has 7 heteroatoms. The minimum atomic E-state index is 0. The number of ether oxygens (including phenoxy) is 1. The fourth-order valence-electron chi connectivity index (χ4n) is 2.15. The van der Waals surface area contributed by atoms with Crippen LogP contribution in [0.1, 0.15) is 25.3 Å². The largest absolute Gasteiger partial charge is 0.481 e. The van der Waals surface area contributed by atoms with Crippen molar-refractivity contribution < 1.29 is 4.74 Å². The zero-order chi connectivity index (χ0) is 14.9. The third kappa shape index (κ3) is 6.60. The lowest BCUT2D eigenvalue weighted by molar-refractivity contribution is 0.397. The maximum atomic E-state index is 5.05. The van der Waals surface area contributed by atoms with E-state index in [0.717, 1.165) is 29.9 Å². The van der Waals surface area contributed by atoms with Crippen LogP contribution in [-0.4, -0.2) is 42.1 Å². The summed E-state index contributed by atoms with van der Waals surface area (Å²) in [6.07, 6.45) is 4.44. The average molecular weight is 436 g/mol. The van der Waals surface area contributed by atoms with Gasteiger partial charge in [0, 0.05) is 30.6 Å². The summed E-state index contributed by atoms with van der Waals surface area (Å²) >= 11 is 2.05. The summed E-state index contributed by atoms with van der Waals surface area (Å²) in [6, 6.07) is 3.85. The zero-order valence-electron chi connectivity index (χ0n) is 13.2. The van der Waals surface area contributed by atoms with Crippen molar-refractivity contribution in [2.75, 3.05) is 26.0 Å². The number of hydrogen-bond acceptors (Lipinski definition) is 4. The number of aliphatic imine (C=N–C) groups is 1. The first kappa shape index (κ1) is 19.3. The van der Waals surface area contributed by atoms with Gasteiger partial charge in [0.15, 0.2) is 5.96 Å². The van der Waals surface area contributed by atoms with Crippen LogP contribution >= 0.6 is 35.7 Å². The zero-order valence-corrected chi connectivity index (χ0v) is 16.3. The second kappa shape index (κ2) is 10.9. The molecule has 124 valence electrons. The number of pyridine rings is 1. The molecule has 1 aliphatic rings. The number of hydrogen-bond donors (Lipinski definition) is 2. The van der Waals surface area contributed by atoms with Gasteiger partial charge in [-0.2, -0.15) is 11.8 Å². The number of aromatic nitrogens is 1. The lowest BCUT2D eigenvalue weighted by atomic mass is 10.2. The molecule has 1 aromatic rings. The number of rotatable bonds is 6. The number of guanidine groups is 1. The lowest BCUT2D eigenvalue weighted by Gasteiger charge is -2.14. The maximum Gasteiger partial charge on any atom is 0.212 e. The van der Waals surface area contributed by atoms with E-state index >= 15 is 0 Å². The first-order valence-electron chi connectivity index (χ1n) is 7.44. The standard InChI is InChI=1S/C15H24N4OS.HI/c1-3-16-15(19-11-13-5-4-8-21-13)18-10-12-6-7-14(20-2)17-9-12;/h6-7,9,13H,3-5,8,10-11H2,1-2H3,(H2,16,18,19);1H. The van der Waals surface area contributed by atoms with Crippen LogP contribution in [0.25, 0.3) is 0 Å². The van der Waals surface area contributed by atoms with Gasteiger partial charge in [0.25, 0.3) is 0 Å². The third-order valence-corrected chi connectivity index (χ3v) is 4.69. The van der Waals surface area contributed by atoms with Crippen molar-refractivity contribution in [1.82, 2.24) is 15.6 Å². The van der Waals surface area contributed by atoms with E-state index in [4.69, 9.17) is 4.74 Å². The molecule has 2 N–H and O–H groups in total. The molecule has 5 nitrogen and oxygen atoms in total. The smallest absolute Gasteiger partial charge is 0.212 e. The van der Waals surface area contributed by atoms with Crippen molar-refractivity contribution in [3.8, 4) is 5.88 Å². The summed E-state index contributed by atoms with van der Waals surface area (Å²) in [5, 5.41) is 7.43. The lowest BCUT2D eigenvalue weighted by Crippen LogP contribution is -2.40. The van der Waals surface area contributed by atoms with E-state index in [2.05, 4.69) is 39.3 Å². The van der Waals surface area contributed by atoms with Crippen LogP contribution in [0.4, 0.5) is 0 Å². The molecule has 0 spiro atoms. The molecule has 1 aliphatic heterocycles. The van der Waals surface area contributed by atoms with Crippen molar-refractivity contribution >= 4 is 41.7 Å². The molecule has 0 amide bonds. The van der Waals surface area contributed by atoms with Gasteiger partial charge in [-0.05, 0) is 31.1 Å². The van der Waals surface area contributed by atoms with Gasteiger partial charge in [-0.1, -0.05) is 6.07 Å². The van der Waals surface area contributed by atoms with Crippen molar-refractivity contribution in [3.05, 3.63) is 23.9 Å². The number of nitrogens with one attached hydrogen (secondary N) is 2. The van der Waals surface area contributed by atoms with Crippen LogP contribution in [0, 0.1) is 0 Å². The topological polar surface area (TPSA) is 58.5 Å². The third-order valence-electron chi connectivity index (χ3n) is 3.29. The fraction of sp³-hybridized carbons (Fsp3) is 0.600. The van der Waals surface area contributed by atoms with Gasteiger partial charge in [-0.25, -0.2) is 9.98 Å². The Labute approximate surface area is 154 Å². The van der Waals surface area contributed by atoms with Crippen molar-refractivity contribution in [2.45, 2.75) is 31.6 Å². The van der Waals surface area contributed by atoms with Gasteiger partial charge in [-0.15, -0.1) is 24.0 Å². The fourth-order valence-corrected chi connectivity index (χ4v) is 3.35. The van der Waals surface area contributed by atoms with Crippen LogP contribution in [0.15, 0.2) is 23.3 Å². The monoisotopic (exact) mass is 436 g/mol. The average Bonchev–Trinajstić information content (AvgIpc) is 3.04. The number of nitrogens with zero attached hydrogens (tertiary/aromatic N) is 2. The predicted octanol–water partition coefficient (Wildman–Crippen LogP) is 2.66. The van der Waals surface area contributed by atoms with Crippen LogP contribution in [0.3, 0.4) is 0 Å². The molecule has 1 aromatic heterocycles. The number of thioether (sulfide) groups is 1. The van der Waals surface area contributed by atoms with Gasteiger partial charge in [0.2, 0.25) is 5.88 Å². The Morgan fingerprint density at radius 1 is 1.45 bits per heavy atom. The van der Waals surface area contributed by atoms with E-state index in [9.17, 15) is 0 Å². The van der Waals surface area contributed by atoms with Crippen molar-refractivity contribution in [3.63, 3.8) is 0 Å². The maximum absolute atomic E-state index is 5.05. The van der Waals surface area contributed by atoms with E-state index in [1.807, 2.05) is 12.1 Å². The highest BCUT2D eigenvalue weighted by Gasteiger charge is 2.15. The highest BCUT2D eigenvalue weighted by atomic mass is 127. The Hall–Kier alpha value is -0.700. The quantitative estimate of drug-likeness (QED) is 0.408. The van der Waals surface area contributed by atoms with E-state index in [-0.39, 0.29) is 24.0 Å². The van der Waals surface area contributed by atoms with E-state index in [1.165, 1.54) is 18.6 Å². The number of methoxy groups -OCH3 is 1. The van der Waals surface area contributed by atoms with E-state index in [1.54, 1.807) is 13.3 Å². The Morgan fingerprint density at radius 2 is 2.32 bits per heavy atom. The van der Waals surface area contributed by atoms with E-state index in [0.29, 0.717) is 12.4 Å². The molecule has 0 saturated carbocycles. The molecule has 2 rings (SSSR count). The Bertz CT molecular complexity index is 449. The van der Waals surface area contributed by atoms with Crippen LogP contribution in [-0.2, 0) is 6.54 Å². The normalized spacial score (nSPS) is 17.7. The number of halogens is 1. The predicted molar refractivity (Wildman–Crippen MR) is 105 cm³/mol. The van der Waals surface area contributed by atoms with Gasteiger partial charge in [0.05, 0.1) is 13.7 Å². The van der Waals surface area contributed by atoms with Gasteiger partial charge >= 0.3 is 0 Å². The molecule has 2 heterocycles. The molecule has 1 unspecified atom stereocenters. The Kier molecular flexibility index (Phi) is 9.61. The molecule has 1 atom stereocenters. The summed E-state index contributed by atoms with van der Waals surface area (Å²) in [7, 11) is 1.62. The summed E-state index contributed by atoms with van der Waals surface area (Å²) in [4.78, 5) is 8.80. The first-order chi connectivity index (χ1) is 10.3. The van der Waals surface area contributed by atoms with Gasteiger partial charge < -0.3 is 15.4 Å². The van der Waals surface area contributed by atoms with Crippen molar-refractivity contribution in [1.29, 1.82) is 0 Å². The summed E-state index contributed by atoms with van der Waals surface area (Å²) < 4.78 is 5.05. The molecule has 1 saturated heterocycles. The van der Waals surface area contributed by atoms with E-state index < -0.39 is 0 Å². The van der Waals surface area contributed by atoms with Crippen LogP contribution in [0.5, 0.6) is 5.88 Å². The Morgan fingerprint density at radius 3 is 2.91 bits per heavy atom. The molecule has 22 heavy (non-hydrogen) atoms. The molecule has 0 radical (unpaired) electrons. The molecular weight excluding hydrogens is 411 g/mol. The summed E-state index contributed by atoms with van der Waals surface area (Å²) in [5.74, 6) is 2.80. The Balaban J connectivity index is 0.00000242. The molecule has 1 fully saturated rings. The molecular formula is C15H25IN4OS. The summed E-state index contributed by atoms with van der Waals surface area (Å²) in [6.45, 7) is 4.54. The highest BCUT2D eigenvalue weighted by molar-refractivity contribution is 14.0. The first-order valence-corrected chi connectivity index (χ1v) is 8.49. The van der Waals surface area contributed by atoms with Crippen molar-refractivity contribution in [2.24, 2.45) is 4.99 Å². The van der Waals surface area contributed by atoms with Gasteiger partial charge in [-0.3, -0.25) is 0 Å². The van der Waals surface area contributed by atoms with Crippen LogP contribution in [0.2, 0.25) is 0 Å². The highest BCUT2D eigenvalue weighted by Crippen LogP contribution is 2.25. The van der Waals surface area contributed by atoms with Gasteiger partial charge in [0.1, 0.15) is 0 Å². The second-order valence-corrected chi connectivity index (χ2v) is 6.33. The van der Waals surface area contributed by atoms with Crippen LogP contribution < -0.4 is 15.4 Å². The second-order valence-electron chi connectivity index (χ2n) is 4.92. The minimum absolute atomic E-state index is 0. The molecule has 0 aromatic carbocycles. The SMILES string of the molecule is CCNC(=NCc1ccc(OC)nc1)NCC1CCCS1.I. The minimum Gasteiger partial charge on any atom is -0.481 e. The molecule has 0 bridgehead atoms. The molecule has 0 aliphatic carbocycles. The summed E-state index contributed by atoms with van der Waals surface area (Å²) in [5.41, 5.74) is 1.07.